The number of amides is 2. The van der Waals surface area contributed by atoms with Crippen LogP contribution in [0.4, 0.5) is 4.79 Å². The van der Waals surface area contributed by atoms with Crippen molar-refractivity contribution in [3.8, 4) is 0 Å². The van der Waals surface area contributed by atoms with E-state index in [9.17, 15) is 9.59 Å². The summed E-state index contributed by atoms with van der Waals surface area (Å²) in [5.41, 5.74) is 4.17. The lowest BCUT2D eigenvalue weighted by Gasteiger charge is -2.22. The predicted molar refractivity (Wildman–Crippen MR) is 124 cm³/mol. The van der Waals surface area contributed by atoms with E-state index in [1.807, 2.05) is 13.8 Å². The van der Waals surface area contributed by atoms with Gasteiger partial charge in [0.1, 0.15) is 6.61 Å². The Morgan fingerprint density at radius 3 is 2.14 bits per heavy atom. The van der Waals surface area contributed by atoms with Gasteiger partial charge in [-0.3, -0.25) is 4.79 Å². The lowest BCUT2D eigenvalue weighted by Crippen LogP contribution is -2.41. The highest BCUT2D eigenvalue weighted by Gasteiger charge is 2.38. The SMILES string of the molecule is C/C(=C\CBr)CC/C=C(\C)CC/C=C(\C)CCCC(=O)N1C(=O)OC[C@H]1C(C)C. The number of imide groups is 1. The summed E-state index contributed by atoms with van der Waals surface area (Å²) in [5, 5.41) is 0.928. The van der Waals surface area contributed by atoms with E-state index >= 15 is 0 Å². The maximum Gasteiger partial charge on any atom is 0.416 e. The van der Waals surface area contributed by atoms with Crippen molar-refractivity contribution in [2.75, 3.05) is 11.9 Å². The topological polar surface area (TPSA) is 46.6 Å². The van der Waals surface area contributed by atoms with Gasteiger partial charge in [-0.25, -0.2) is 9.69 Å². The van der Waals surface area contributed by atoms with Gasteiger partial charge in [-0.15, -0.1) is 0 Å². The highest BCUT2D eigenvalue weighted by molar-refractivity contribution is 9.09. The minimum absolute atomic E-state index is 0.109. The Labute approximate surface area is 185 Å². The number of hydrogen-bond acceptors (Lipinski definition) is 3. The molecule has 2 amide bonds. The van der Waals surface area contributed by atoms with Crippen LogP contribution in [0.1, 0.15) is 79.6 Å². The zero-order valence-corrected chi connectivity index (χ0v) is 20.4. The summed E-state index contributed by atoms with van der Waals surface area (Å²) in [6.07, 6.45) is 12.7. The predicted octanol–water partition coefficient (Wildman–Crippen LogP) is 6.95. The molecule has 164 valence electrons. The Morgan fingerprint density at radius 2 is 1.59 bits per heavy atom. The third-order valence-electron chi connectivity index (χ3n) is 5.39. The number of ether oxygens (including phenoxy) is 1. The minimum atomic E-state index is -0.485. The van der Waals surface area contributed by atoms with E-state index in [4.69, 9.17) is 4.74 Å². The molecule has 1 aliphatic rings. The molecule has 1 saturated heterocycles. The van der Waals surface area contributed by atoms with Crippen molar-refractivity contribution in [2.24, 2.45) is 5.92 Å². The van der Waals surface area contributed by atoms with Crippen LogP contribution in [0.5, 0.6) is 0 Å². The lowest BCUT2D eigenvalue weighted by molar-refractivity contribution is -0.129. The van der Waals surface area contributed by atoms with E-state index in [1.54, 1.807) is 0 Å². The number of hydrogen-bond donors (Lipinski definition) is 0. The number of carbonyl (C=O) groups is 2. The molecule has 29 heavy (non-hydrogen) atoms. The Morgan fingerprint density at radius 1 is 1.03 bits per heavy atom. The molecule has 1 heterocycles. The van der Waals surface area contributed by atoms with Gasteiger partial charge in [-0.05, 0) is 65.2 Å². The fraction of sp³-hybridized carbons (Fsp3) is 0.667. The summed E-state index contributed by atoms with van der Waals surface area (Å²) >= 11 is 3.43. The Bertz CT molecular complexity index is 634. The van der Waals surface area contributed by atoms with Crippen molar-refractivity contribution < 1.29 is 14.3 Å². The van der Waals surface area contributed by atoms with Crippen molar-refractivity contribution >= 4 is 27.9 Å². The molecule has 0 unspecified atom stereocenters. The van der Waals surface area contributed by atoms with Crippen molar-refractivity contribution in [1.29, 1.82) is 0 Å². The first kappa shape index (κ1) is 25.7. The third-order valence-corrected chi connectivity index (χ3v) is 5.72. The zero-order chi connectivity index (χ0) is 21.8. The first-order chi connectivity index (χ1) is 13.8. The van der Waals surface area contributed by atoms with Crippen molar-refractivity contribution in [3.63, 3.8) is 0 Å². The van der Waals surface area contributed by atoms with Gasteiger partial charge in [0.05, 0.1) is 6.04 Å². The standard InChI is InChI=1S/C24H38BrNO3/c1-18(2)22-17-29-24(28)26(22)23(27)14-8-13-20(4)10-6-9-19(3)11-7-12-21(5)15-16-25/h10-11,15,18,22H,6-9,12-14,16-17H2,1-5H3/b19-11+,20-10+,21-15+/t22-/m0/s1. The van der Waals surface area contributed by atoms with Gasteiger partial charge in [0.2, 0.25) is 5.91 Å². The number of cyclic esters (lactones) is 1. The molecule has 0 radical (unpaired) electrons. The molecule has 0 N–H and O–H groups in total. The largest absolute Gasteiger partial charge is 0.447 e. The quantitative estimate of drug-likeness (QED) is 0.230. The van der Waals surface area contributed by atoms with Crippen LogP contribution < -0.4 is 0 Å². The molecule has 1 fully saturated rings. The van der Waals surface area contributed by atoms with Gasteiger partial charge in [0, 0.05) is 11.8 Å². The summed E-state index contributed by atoms with van der Waals surface area (Å²) in [4.78, 5) is 25.6. The van der Waals surface area contributed by atoms with Crippen molar-refractivity contribution in [1.82, 2.24) is 4.90 Å². The van der Waals surface area contributed by atoms with Gasteiger partial charge in [0.25, 0.3) is 0 Å². The van der Waals surface area contributed by atoms with E-state index in [2.05, 4.69) is 54.9 Å². The summed E-state index contributed by atoms with van der Waals surface area (Å²) in [5.74, 6) is 0.106. The molecule has 5 heteroatoms. The molecular weight excluding hydrogens is 430 g/mol. The monoisotopic (exact) mass is 467 g/mol. The van der Waals surface area contributed by atoms with Crippen LogP contribution in [0, 0.1) is 5.92 Å². The number of rotatable bonds is 12. The van der Waals surface area contributed by atoms with Crippen molar-refractivity contribution in [2.45, 2.75) is 85.6 Å². The number of allylic oxidation sites excluding steroid dienone is 6. The summed E-state index contributed by atoms with van der Waals surface area (Å²) in [6.45, 7) is 10.8. The first-order valence-corrected chi connectivity index (χ1v) is 11.9. The van der Waals surface area contributed by atoms with Gasteiger partial charge in [-0.2, -0.15) is 0 Å². The molecule has 4 nitrogen and oxygen atoms in total. The first-order valence-electron chi connectivity index (χ1n) is 10.8. The average Bonchev–Trinajstić information content (AvgIpc) is 3.03. The van der Waals surface area contributed by atoms with E-state index in [-0.39, 0.29) is 17.9 Å². The molecule has 0 aliphatic carbocycles. The van der Waals surface area contributed by atoms with Crippen LogP contribution in [0.15, 0.2) is 34.9 Å². The van der Waals surface area contributed by atoms with E-state index in [1.165, 1.54) is 21.6 Å². The molecule has 0 saturated carbocycles. The Balaban J connectivity index is 2.31. The smallest absolute Gasteiger partial charge is 0.416 e. The molecule has 0 bridgehead atoms. The minimum Gasteiger partial charge on any atom is -0.447 e. The molecule has 0 aromatic heterocycles. The molecule has 1 atom stereocenters. The van der Waals surface area contributed by atoms with Crippen LogP contribution in [0.3, 0.4) is 0 Å². The third kappa shape index (κ3) is 9.79. The van der Waals surface area contributed by atoms with Gasteiger partial charge < -0.3 is 4.74 Å². The fourth-order valence-corrected chi connectivity index (χ4v) is 3.94. The Kier molecular flexibility index (Phi) is 12.2. The van der Waals surface area contributed by atoms with Crippen LogP contribution in [0.25, 0.3) is 0 Å². The lowest BCUT2D eigenvalue weighted by atomic mass is 10.0. The summed E-state index contributed by atoms with van der Waals surface area (Å²) in [6, 6.07) is -0.125. The molecule has 0 spiro atoms. The molecule has 1 aliphatic heterocycles. The summed E-state index contributed by atoms with van der Waals surface area (Å²) < 4.78 is 5.06. The second kappa shape index (κ2) is 13.8. The normalized spacial score (nSPS) is 18.6. The highest BCUT2D eigenvalue weighted by atomic mass is 79.9. The zero-order valence-electron chi connectivity index (χ0n) is 18.8. The summed E-state index contributed by atoms with van der Waals surface area (Å²) in [7, 11) is 0. The molecular formula is C24H38BrNO3. The van der Waals surface area contributed by atoms with Crippen LogP contribution >= 0.6 is 15.9 Å². The van der Waals surface area contributed by atoms with Crippen LogP contribution in [-0.4, -0.2) is 34.9 Å². The van der Waals surface area contributed by atoms with E-state index in [0.717, 1.165) is 43.9 Å². The van der Waals surface area contributed by atoms with E-state index in [0.29, 0.717) is 13.0 Å². The van der Waals surface area contributed by atoms with E-state index < -0.39 is 6.09 Å². The maximum absolute atomic E-state index is 12.4. The van der Waals surface area contributed by atoms with Gasteiger partial charge in [-0.1, -0.05) is 64.7 Å². The molecule has 0 aromatic rings. The number of alkyl halides is 1. The maximum atomic E-state index is 12.4. The fourth-order valence-electron chi connectivity index (χ4n) is 3.38. The van der Waals surface area contributed by atoms with Crippen LogP contribution in [0.2, 0.25) is 0 Å². The van der Waals surface area contributed by atoms with Gasteiger partial charge >= 0.3 is 6.09 Å². The van der Waals surface area contributed by atoms with Crippen molar-refractivity contribution in [3.05, 3.63) is 34.9 Å². The highest BCUT2D eigenvalue weighted by Crippen LogP contribution is 2.21. The average molecular weight is 468 g/mol. The number of halogens is 1. The molecule has 0 aromatic carbocycles. The van der Waals surface area contributed by atoms with Gasteiger partial charge in [0.15, 0.2) is 0 Å². The molecule has 1 rings (SSSR count). The second-order valence-electron chi connectivity index (χ2n) is 8.39. The van der Waals surface area contributed by atoms with Crippen LogP contribution in [-0.2, 0) is 9.53 Å². The number of carbonyl (C=O) groups excluding carboxylic acids is 2. The number of nitrogens with zero attached hydrogens (tertiary/aromatic N) is 1. The second-order valence-corrected chi connectivity index (χ2v) is 9.04. The Hall–Kier alpha value is -1.36.